The molecule has 0 atom stereocenters. The van der Waals surface area contributed by atoms with E-state index in [0.717, 1.165) is 6.07 Å². The molecule has 0 radical (unpaired) electrons. The van der Waals surface area contributed by atoms with Gasteiger partial charge in [0.2, 0.25) is 0 Å². The van der Waals surface area contributed by atoms with E-state index in [9.17, 15) is 24.8 Å². The number of benzene rings is 1. The Morgan fingerprint density at radius 2 is 2.04 bits per heavy atom. The number of hydrogen-bond acceptors (Lipinski definition) is 7. The Morgan fingerprint density at radius 1 is 1.30 bits per heavy atom. The van der Waals surface area contributed by atoms with E-state index in [1.807, 2.05) is 0 Å². The van der Waals surface area contributed by atoms with Crippen LogP contribution in [0.15, 0.2) is 33.8 Å². The molecule has 1 aromatic heterocycles. The van der Waals surface area contributed by atoms with Crippen LogP contribution in [0.25, 0.3) is 0 Å². The molecule has 1 amide bonds. The van der Waals surface area contributed by atoms with Gasteiger partial charge in [-0.1, -0.05) is 6.07 Å². The van der Waals surface area contributed by atoms with Gasteiger partial charge in [-0.25, -0.2) is 5.43 Å². The summed E-state index contributed by atoms with van der Waals surface area (Å²) in [4.78, 5) is 33.5. The minimum absolute atomic E-state index is 0. The van der Waals surface area contributed by atoms with Crippen LogP contribution in [0.5, 0.6) is 0 Å². The van der Waals surface area contributed by atoms with Crippen LogP contribution < -0.4 is 61.9 Å². The van der Waals surface area contributed by atoms with Gasteiger partial charge in [0.15, 0.2) is 5.76 Å². The number of hydrazone groups is 1. The van der Waals surface area contributed by atoms with Gasteiger partial charge in [-0.2, -0.15) is 5.10 Å². The summed E-state index contributed by atoms with van der Waals surface area (Å²) in [5.74, 6) is -1.75. The van der Waals surface area contributed by atoms with Crippen molar-refractivity contribution in [3.05, 3.63) is 62.6 Å². The first-order valence-corrected chi connectivity index (χ1v) is 7.84. The minimum Gasteiger partial charge on any atom is -0.542 e. The molecule has 0 bridgehead atoms. The third kappa shape index (κ3) is 4.53. The number of carbonyl (C=O) groups is 2. The molecule has 0 fully saturated rings. The maximum Gasteiger partial charge on any atom is 1.00 e. The second kappa shape index (κ2) is 8.89. The number of furan rings is 1. The van der Waals surface area contributed by atoms with Gasteiger partial charge in [-0.3, -0.25) is 14.9 Å². The molecule has 0 unspecified atom stereocenters. The average Bonchev–Trinajstić information content (AvgIpc) is 2.97. The molecule has 0 spiro atoms. The van der Waals surface area contributed by atoms with Gasteiger partial charge in [0.1, 0.15) is 11.7 Å². The van der Waals surface area contributed by atoms with Gasteiger partial charge in [-0.15, -0.1) is 0 Å². The Balaban J connectivity index is 0.00000261. The van der Waals surface area contributed by atoms with Crippen LogP contribution in [-0.4, -0.2) is 22.5 Å². The predicted octanol–water partition coefficient (Wildman–Crippen LogP) is -1.67. The molecule has 9 nitrogen and oxygen atoms in total. The fourth-order valence-corrected chi connectivity index (χ4v) is 2.92. The number of nitro groups is 1. The van der Waals surface area contributed by atoms with Crippen LogP contribution in [0.1, 0.15) is 50.6 Å². The zero-order valence-corrected chi connectivity index (χ0v) is 17.9. The quantitative estimate of drug-likeness (QED) is 0.373. The van der Waals surface area contributed by atoms with Crippen molar-refractivity contribution in [3.63, 3.8) is 0 Å². The van der Waals surface area contributed by atoms with Gasteiger partial charge in [0.05, 0.1) is 10.6 Å². The number of aryl methyl sites for hydroxylation is 1. The number of amides is 1. The van der Waals surface area contributed by atoms with Crippen LogP contribution in [-0.2, 0) is 6.42 Å². The largest absolute Gasteiger partial charge is 1.00 e. The van der Waals surface area contributed by atoms with E-state index >= 15 is 0 Å². The van der Waals surface area contributed by atoms with Gasteiger partial charge in [0, 0.05) is 35.2 Å². The van der Waals surface area contributed by atoms with Crippen LogP contribution in [0.2, 0.25) is 0 Å². The number of non-ortho nitro benzene ring substituents is 1. The Morgan fingerprint density at radius 3 is 2.70 bits per heavy atom. The molecule has 0 saturated heterocycles. The second-order valence-electron chi connectivity index (χ2n) is 5.80. The van der Waals surface area contributed by atoms with E-state index in [2.05, 4.69) is 10.5 Å². The summed E-state index contributed by atoms with van der Waals surface area (Å²) in [6.07, 6.45) is 1.80. The first-order valence-electron chi connectivity index (χ1n) is 7.84. The molecular weight excluding hydrogens is 381 g/mol. The molecule has 27 heavy (non-hydrogen) atoms. The average molecular weight is 395 g/mol. The number of nitro benzene ring substituents is 1. The Bertz CT molecular complexity index is 950. The zero-order valence-electron chi connectivity index (χ0n) is 14.8. The molecule has 134 valence electrons. The standard InChI is InChI=1S/C17H15N3O6.K/c1-9-14-12(6-3-7-13(14)26-15(9)17(22)23)18-19-16(21)10-4-2-5-11(8-10)20(24)25;/h2,4-5,8H,3,6-7H2,1H3,(H,19,21)(H,22,23);/q;+1/p-1/b18-12+;. The second-order valence-corrected chi connectivity index (χ2v) is 5.80. The Hall–Kier alpha value is -1.85. The third-order valence-corrected chi connectivity index (χ3v) is 4.12. The predicted molar refractivity (Wildman–Crippen MR) is 87.8 cm³/mol. The van der Waals surface area contributed by atoms with Crippen molar-refractivity contribution in [1.29, 1.82) is 0 Å². The van der Waals surface area contributed by atoms with E-state index in [4.69, 9.17) is 4.42 Å². The number of aromatic carboxylic acids is 1. The molecule has 1 N–H and O–H groups in total. The number of fused-ring (bicyclic) bond motifs is 1. The number of rotatable bonds is 4. The molecular formula is C17H14KN3O6. The number of carbonyl (C=O) groups excluding carboxylic acids is 2. The van der Waals surface area contributed by atoms with E-state index in [0.29, 0.717) is 41.9 Å². The first kappa shape index (κ1) is 21.4. The van der Waals surface area contributed by atoms with Gasteiger partial charge in [0.25, 0.3) is 11.6 Å². The Kier molecular flexibility index (Phi) is 7.06. The minimum atomic E-state index is -1.41. The topological polar surface area (TPSA) is 138 Å². The van der Waals surface area contributed by atoms with Crippen LogP contribution in [0.3, 0.4) is 0 Å². The third-order valence-electron chi connectivity index (χ3n) is 4.12. The molecule has 10 heteroatoms. The van der Waals surface area contributed by atoms with Gasteiger partial charge < -0.3 is 14.3 Å². The van der Waals surface area contributed by atoms with Crippen LogP contribution >= 0.6 is 0 Å². The number of nitrogens with zero attached hydrogens (tertiary/aromatic N) is 2. The van der Waals surface area contributed by atoms with Crippen molar-refractivity contribution in [2.75, 3.05) is 0 Å². The maximum absolute atomic E-state index is 12.2. The number of hydrogen-bond donors (Lipinski definition) is 1. The van der Waals surface area contributed by atoms with Crippen molar-refractivity contribution >= 4 is 23.3 Å². The van der Waals surface area contributed by atoms with Crippen molar-refractivity contribution < 1.29 is 75.4 Å². The summed E-state index contributed by atoms with van der Waals surface area (Å²) in [6.45, 7) is 1.59. The normalized spacial score (nSPS) is 14.2. The fraction of sp³-hybridized carbons (Fsp3) is 0.235. The number of nitrogens with one attached hydrogen (secondary N) is 1. The maximum atomic E-state index is 12.2. The smallest absolute Gasteiger partial charge is 0.542 e. The van der Waals surface area contributed by atoms with Gasteiger partial charge >= 0.3 is 51.4 Å². The number of carboxylic acid groups (broad SMARTS) is 1. The van der Waals surface area contributed by atoms with Crippen molar-refractivity contribution in [2.24, 2.45) is 5.10 Å². The molecule has 1 heterocycles. The molecule has 2 aromatic rings. The van der Waals surface area contributed by atoms with Gasteiger partial charge in [-0.05, 0) is 25.8 Å². The molecule has 0 aliphatic heterocycles. The summed E-state index contributed by atoms with van der Waals surface area (Å²) in [5.41, 5.74) is 3.73. The Labute approximate surface area is 196 Å². The summed E-state index contributed by atoms with van der Waals surface area (Å²) in [5, 5.41) is 26.0. The van der Waals surface area contributed by atoms with E-state index in [1.54, 1.807) is 6.92 Å². The molecule has 0 saturated carbocycles. The molecule has 1 aliphatic rings. The monoisotopic (exact) mass is 395 g/mol. The first-order chi connectivity index (χ1) is 12.4. The molecule has 1 aliphatic carbocycles. The molecule has 1 aromatic carbocycles. The number of carboxylic acids is 1. The van der Waals surface area contributed by atoms with E-state index in [1.165, 1.54) is 18.2 Å². The fourth-order valence-electron chi connectivity index (χ4n) is 2.92. The van der Waals surface area contributed by atoms with Crippen molar-refractivity contribution in [1.82, 2.24) is 5.43 Å². The van der Waals surface area contributed by atoms with Crippen LogP contribution in [0, 0.1) is 17.0 Å². The summed E-state index contributed by atoms with van der Waals surface area (Å²) in [7, 11) is 0. The van der Waals surface area contributed by atoms with E-state index in [-0.39, 0.29) is 68.4 Å². The summed E-state index contributed by atoms with van der Waals surface area (Å²) in [6, 6.07) is 5.28. The zero-order chi connectivity index (χ0) is 18.8. The van der Waals surface area contributed by atoms with Crippen molar-refractivity contribution in [3.8, 4) is 0 Å². The molecule has 3 rings (SSSR count). The summed E-state index contributed by atoms with van der Waals surface area (Å²) >= 11 is 0. The van der Waals surface area contributed by atoms with Crippen LogP contribution in [0.4, 0.5) is 5.69 Å². The summed E-state index contributed by atoms with van der Waals surface area (Å²) < 4.78 is 5.33. The SMILES string of the molecule is Cc1c(C(=O)[O-])oc2c1/C(=N/NC(=O)c1cccc([N+](=O)[O-])c1)CCC2.[K+]. The van der Waals surface area contributed by atoms with Crippen molar-refractivity contribution in [2.45, 2.75) is 26.2 Å². The van der Waals surface area contributed by atoms with E-state index < -0.39 is 16.8 Å².